The minimum Gasteiger partial charge on any atom is -0.493 e. The van der Waals surface area contributed by atoms with Crippen LogP contribution in [0.3, 0.4) is 0 Å². The lowest BCUT2D eigenvalue weighted by Gasteiger charge is -2.32. The zero-order valence-corrected chi connectivity index (χ0v) is 11.4. The largest absolute Gasteiger partial charge is 0.493 e. The minimum absolute atomic E-state index is 0.243. The van der Waals surface area contributed by atoms with Gasteiger partial charge in [-0.1, -0.05) is 12.1 Å². The lowest BCUT2D eigenvalue weighted by Crippen LogP contribution is -2.47. The molecular weight excluding hydrogens is 240 g/mol. The molecule has 102 valence electrons. The summed E-state index contributed by atoms with van der Waals surface area (Å²) >= 11 is 0. The summed E-state index contributed by atoms with van der Waals surface area (Å²) in [7, 11) is 2.10. The summed E-state index contributed by atoms with van der Waals surface area (Å²) in [4.78, 5) is 16.5. The van der Waals surface area contributed by atoms with Crippen LogP contribution < -0.4 is 4.74 Å². The van der Waals surface area contributed by atoms with Gasteiger partial charge in [-0.25, -0.2) is 0 Å². The maximum absolute atomic E-state index is 12.3. The quantitative estimate of drug-likeness (QED) is 0.793. The molecule has 2 aliphatic heterocycles. The van der Waals surface area contributed by atoms with Gasteiger partial charge in [-0.15, -0.1) is 0 Å². The van der Waals surface area contributed by atoms with Crippen LogP contribution in [0.5, 0.6) is 5.75 Å². The number of piperazine rings is 1. The van der Waals surface area contributed by atoms with E-state index in [1.807, 2.05) is 17.0 Å². The molecule has 3 rings (SSSR count). The first-order chi connectivity index (χ1) is 9.22. The predicted octanol–water partition coefficient (Wildman–Crippen LogP) is 0.938. The first kappa shape index (κ1) is 12.5. The van der Waals surface area contributed by atoms with E-state index in [-0.39, 0.29) is 5.91 Å². The molecule has 0 atom stereocenters. The van der Waals surface area contributed by atoms with Crippen molar-refractivity contribution in [3.63, 3.8) is 0 Å². The van der Waals surface area contributed by atoms with Crippen LogP contribution in [0.1, 0.15) is 11.1 Å². The molecule has 0 radical (unpaired) electrons. The van der Waals surface area contributed by atoms with Crippen molar-refractivity contribution < 1.29 is 9.53 Å². The Morgan fingerprint density at radius 2 is 2.05 bits per heavy atom. The molecule has 19 heavy (non-hydrogen) atoms. The fraction of sp³-hybridized carbons (Fsp3) is 0.533. The molecule has 0 bridgehead atoms. The molecule has 2 heterocycles. The Bertz CT molecular complexity index is 479. The number of rotatable bonds is 2. The van der Waals surface area contributed by atoms with Crippen LogP contribution in [0.2, 0.25) is 0 Å². The molecule has 0 N–H and O–H groups in total. The number of carbonyl (C=O) groups excluding carboxylic acids is 1. The van der Waals surface area contributed by atoms with Crippen LogP contribution in [0, 0.1) is 0 Å². The molecule has 0 unspecified atom stereocenters. The second-order valence-corrected chi connectivity index (χ2v) is 5.40. The Labute approximate surface area is 113 Å². The van der Waals surface area contributed by atoms with Gasteiger partial charge in [0.25, 0.3) is 0 Å². The van der Waals surface area contributed by atoms with Crippen LogP contribution >= 0.6 is 0 Å². The highest BCUT2D eigenvalue weighted by Crippen LogP contribution is 2.26. The van der Waals surface area contributed by atoms with Crippen molar-refractivity contribution >= 4 is 5.91 Å². The third-order valence-corrected chi connectivity index (χ3v) is 3.97. The Morgan fingerprint density at radius 1 is 1.26 bits per heavy atom. The number of likely N-dealkylation sites (N-methyl/N-ethyl adjacent to an activating group) is 1. The molecule has 0 spiro atoms. The normalized spacial score (nSPS) is 19.1. The predicted molar refractivity (Wildman–Crippen MR) is 73.4 cm³/mol. The van der Waals surface area contributed by atoms with E-state index in [2.05, 4.69) is 18.0 Å². The van der Waals surface area contributed by atoms with Gasteiger partial charge in [-0.05, 0) is 24.2 Å². The molecular formula is C15H20N2O2. The molecule has 0 aromatic heterocycles. The number of nitrogens with zero attached hydrogens (tertiary/aromatic N) is 2. The van der Waals surface area contributed by atoms with Gasteiger partial charge >= 0.3 is 0 Å². The number of carbonyl (C=O) groups is 1. The van der Waals surface area contributed by atoms with Gasteiger partial charge in [0.1, 0.15) is 5.75 Å². The van der Waals surface area contributed by atoms with Crippen LogP contribution in [0.4, 0.5) is 0 Å². The van der Waals surface area contributed by atoms with Crippen molar-refractivity contribution in [2.24, 2.45) is 0 Å². The van der Waals surface area contributed by atoms with Gasteiger partial charge in [-0.2, -0.15) is 0 Å². The molecule has 0 saturated carbocycles. The van der Waals surface area contributed by atoms with Crippen molar-refractivity contribution in [1.82, 2.24) is 9.80 Å². The van der Waals surface area contributed by atoms with E-state index in [1.165, 1.54) is 5.56 Å². The highest BCUT2D eigenvalue weighted by molar-refractivity contribution is 5.79. The average molecular weight is 260 g/mol. The number of amides is 1. The van der Waals surface area contributed by atoms with Crippen molar-refractivity contribution in [2.45, 2.75) is 12.8 Å². The second kappa shape index (κ2) is 5.21. The lowest BCUT2D eigenvalue weighted by atomic mass is 10.1. The highest BCUT2D eigenvalue weighted by Gasteiger charge is 2.20. The fourth-order valence-electron chi connectivity index (χ4n) is 2.69. The van der Waals surface area contributed by atoms with E-state index in [4.69, 9.17) is 4.74 Å². The van der Waals surface area contributed by atoms with Crippen LogP contribution in [0.25, 0.3) is 0 Å². The number of hydrogen-bond donors (Lipinski definition) is 0. The number of benzene rings is 1. The van der Waals surface area contributed by atoms with Crippen LogP contribution in [0.15, 0.2) is 18.2 Å². The zero-order valence-electron chi connectivity index (χ0n) is 11.4. The van der Waals surface area contributed by atoms with Gasteiger partial charge in [-0.3, -0.25) is 4.79 Å². The minimum atomic E-state index is 0.243. The van der Waals surface area contributed by atoms with Crippen molar-refractivity contribution in [3.05, 3.63) is 29.3 Å². The summed E-state index contributed by atoms with van der Waals surface area (Å²) in [6.45, 7) is 4.42. The maximum Gasteiger partial charge on any atom is 0.227 e. The second-order valence-electron chi connectivity index (χ2n) is 5.40. The molecule has 1 amide bonds. The first-order valence-corrected chi connectivity index (χ1v) is 6.93. The van der Waals surface area contributed by atoms with Crippen LogP contribution in [-0.4, -0.2) is 55.5 Å². The molecule has 1 fully saturated rings. The number of fused-ring (bicyclic) bond motifs is 1. The summed E-state index contributed by atoms with van der Waals surface area (Å²) in [6.07, 6.45) is 1.48. The van der Waals surface area contributed by atoms with E-state index in [0.717, 1.165) is 50.5 Å². The van der Waals surface area contributed by atoms with Gasteiger partial charge in [0.05, 0.1) is 13.0 Å². The molecule has 4 heteroatoms. The van der Waals surface area contributed by atoms with E-state index >= 15 is 0 Å². The lowest BCUT2D eigenvalue weighted by molar-refractivity contribution is -0.132. The van der Waals surface area contributed by atoms with Gasteiger partial charge < -0.3 is 14.5 Å². The fourth-order valence-corrected chi connectivity index (χ4v) is 2.69. The Kier molecular flexibility index (Phi) is 3.42. The van der Waals surface area contributed by atoms with E-state index in [1.54, 1.807) is 0 Å². The van der Waals surface area contributed by atoms with Crippen molar-refractivity contribution in [1.29, 1.82) is 0 Å². The summed E-state index contributed by atoms with van der Waals surface area (Å²) in [5.41, 5.74) is 2.34. The molecule has 4 nitrogen and oxygen atoms in total. The number of ether oxygens (including phenoxy) is 1. The summed E-state index contributed by atoms with van der Waals surface area (Å²) in [5.74, 6) is 1.22. The SMILES string of the molecule is CN1CCN(C(=O)Cc2ccc3c(c2)CCO3)CC1. The Hall–Kier alpha value is -1.55. The van der Waals surface area contributed by atoms with E-state index in [9.17, 15) is 4.79 Å². The van der Waals surface area contributed by atoms with Crippen LogP contribution in [-0.2, 0) is 17.6 Å². The standard InChI is InChI=1S/C15H20N2O2/c1-16-5-7-17(8-6-16)15(18)11-12-2-3-14-13(10-12)4-9-19-14/h2-3,10H,4-9,11H2,1H3. The van der Waals surface area contributed by atoms with Gasteiger partial charge in [0.2, 0.25) is 5.91 Å². The number of hydrogen-bond acceptors (Lipinski definition) is 3. The van der Waals surface area contributed by atoms with E-state index < -0.39 is 0 Å². The third kappa shape index (κ3) is 2.73. The van der Waals surface area contributed by atoms with Gasteiger partial charge in [0.15, 0.2) is 0 Å². The third-order valence-electron chi connectivity index (χ3n) is 3.97. The van der Waals surface area contributed by atoms with Crippen molar-refractivity contribution in [3.8, 4) is 5.75 Å². The van der Waals surface area contributed by atoms with Crippen molar-refractivity contribution in [2.75, 3.05) is 39.8 Å². The Morgan fingerprint density at radius 3 is 2.84 bits per heavy atom. The maximum atomic E-state index is 12.3. The summed E-state index contributed by atoms with van der Waals surface area (Å²) in [5, 5.41) is 0. The smallest absolute Gasteiger partial charge is 0.227 e. The molecule has 0 aliphatic carbocycles. The molecule has 2 aliphatic rings. The highest BCUT2D eigenvalue weighted by atomic mass is 16.5. The van der Waals surface area contributed by atoms with Gasteiger partial charge in [0, 0.05) is 32.6 Å². The zero-order chi connectivity index (χ0) is 13.2. The molecule has 1 aromatic rings. The molecule has 1 aromatic carbocycles. The molecule has 1 saturated heterocycles. The summed E-state index contributed by atoms with van der Waals surface area (Å²) in [6, 6.07) is 6.13. The average Bonchev–Trinajstić information content (AvgIpc) is 2.87. The van der Waals surface area contributed by atoms with E-state index in [0.29, 0.717) is 6.42 Å². The first-order valence-electron chi connectivity index (χ1n) is 6.93. The summed E-state index contributed by atoms with van der Waals surface area (Å²) < 4.78 is 5.49. The Balaban J connectivity index is 1.63. The topological polar surface area (TPSA) is 32.8 Å². The monoisotopic (exact) mass is 260 g/mol.